The molecule has 0 bridgehead atoms. The molecule has 1 aromatic rings. The van der Waals surface area contributed by atoms with Gasteiger partial charge in [0.05, 0.1) is 0 Å². The molecule has 0 unspecified atom stereocenters. The second-order valence-corrected chi connectivity index (χ2v) is 4.78. The minimum absolute atomic E-state index is 0.0857. The number of pyridine rings is 1. The van der Waals surface area contributed by atoms with Crippen molar-refractivity contribution in [1.82, 2.24) is 10.3 Å². The first-order chi connectivity index (χ1) is 6.99. The molecule has 0 atom stereocenters. The number of halogens is 1. The predicted octanol–water partition coefficient (Wildman–Crippen LogP) is 1.50. The zero-order valence-electron chi connectivity index (χ0n) is 8.41. The maximum atomic E-state index is 11.5. The van der Waals surface area contributed by atoms with Gasteiger partial charge in [0.15, 0.2) is 0 Å². The first-order valence-electron chi connectivity index (χ1n) is 4.51. The number of amidine groups is 1. The minimum Gasteiger partial charge on any atom is -0.308 e. The number of carbonyl (C=O) groups is 1. The molecule has 0 fully saturated rings. The maximum Gasteiger partial charge on any atom is 0.252 e. The van der Waals surface area contributed by atoms with Crippen LogP contribution in [0.5, 0.6) is 0 Å². The number of aliphatic imine (C=N–C) groups is 1. The summed E-state index contributed by atoms with van der Waals surface area (Å²) in [5.41, 5.74) is 0.126. The number of aromatic nitrogens is 1. The molecule has 4 nitrogen and oxygen atoms in total. The van der Waals surface area contributed by atoms with E-state index in [1.807, 2.05) is 6.07 Å². The van der Waals surface area contributed by atoms with Crippen LogP contribution in [-0.4, -0.2) is 22.3 Å². The van der Waals surface area contributed by atoms with Gasteiger partial charge in [-0.15, -0.1) is 0 Å². The SMILES string of the molecule is CC1(C)N=C(c2cncc(Br)c2)NC1=O. The highest BCUT2D eigenvalue weighted by Gasteiger charge is 2.34. The molecule has 0 aromatic carbocycles. The van der Waals surface area contributed by atoms with Crippen LogP contribution in [0.2, 0.25) is 0 Å². The summed E-state index contributed by atoms with van der Waals surface area (Å²) in [6, 6.07) is 1.87. The molecular formula is C10H10BrN3O. The molecule has 78 valence electrons. The summed E-state index contributed by atoms with van der Waals surface area (Å²) in [4.78, 5) is 19.8. The zero-order valence-corrected chi connectivity index (χ0v) is 10.00. The van der Waals surface area contributed by atoms with Crippen molar-refractivity contribution in [3.63, 3.8) is 0 Å². The van der Waals surface area contributed by atoms with Crippen LogP contribution >= 0.6 is 15.9 Å². The molecule has 1 aliphatic rings. The third kappa shape index (κ3) is 1.92. The topological polar surface area (TPSA) is 54.4 Å². The molecule has 2 heterocycles. The van der Waals surface area contributed by atoms with Crippen molar-refractivity contribution in [3.8, 4) is 0 Å². The summed E-state index contributed by atoms with van der Waals surface area (Å²) < 4.78 is 0.863. The van der Waals surface area contributed by atoms with E-state index in [2.05, 4.69) is 31.2 Å². The number of nitrogens with one attached hydrogen (secondary N) is 1. The molecule has 1 N–H and O–H groups in total. The van der Waals surface area contributed by atoms with Gasteiger partial charge in [-0.3, -0.25) is 14.8 Å². The molecule has 1 amide bonds. The molecular weight excluding hydrogens is 258 g/mol. The van der Waals surface area contributed by atoms with Gasteiger partial charge in [-0.25, -0.2) is 0 Å². The second kappa shape index (κ2) is 3.41. The Balaban J connectivity index is 2.39. The number of hydrogen-bond donors (Lipinski definition) is 1. The van der Waals surface area contributed by atoms with Crippen molar-refractivity contribution < 1.29 is 4.79 Å². The van der Waals surface area contributed by atoms with Gasteiger partial charge in [0.1, 0.15) is 11.4 Å². The lowest BCUT2D eigenvalue weighted by Crippen LogP contribution is -2.34. The number of nitrogens with zero attached hydrogens (tertiary/aromatic N) is 2. The highest BCUT2D eigenvalue weighted by molar-refractivity contribution is 9.10. The van der Waals surface area contributed by atoms with Gasteiger partial charge in [0, 0.05) is 22.4 Å². The molecule has 0 saturated heterocycles. The average Bonchev–Trinajstić information content (AvgIpc) is 2.42. The Hall–Kier alpha value is -1.23. The molecule has 5 heteroatoms. The molecule has 0 saturated carbocycles. The van der Waals surface area contributed by atoms with Gasteiger partial charge in [-0.1, -0.05) is 0 Å². The summed E-state index contributed by atoms with van der Waals surface area (Å²) in [5.74, 6) is 0.497. The molecule has 0 aliphatic carbocycles. The van der Waals surface area contributed by atoms with E-state index in [1.54, 1.807) is 26.2 Å². The lowest BCUT2D eigenvalue weighted by Gasteiger charge is -2.07. The van der Waals surface area contributed by atoms with Crippen molar-refractivity contribution in [3.05, 3.63) is 28.5 Å². The van der Waals surface area contributed by atoms with Crippen LogP contribution in [-0.2, 0) is 4.79 Å². The van der Waals surface area contributed by atoms with E-state index in [0.29, 0.717) is 5.84 Å². The Bertz CT molecular complexity index is 454. The van der Waals surface area contributed by atoms with E-state index in [4.69, 9.17) is 0 Å². The second-order valence-electron chi connectivity index (χ2n) is 3.87. The van der Waals surface area contributed by atoms with E-state index in [9.17, 15) is 4.79 Å². The van der Waals surface area contributed by atoms with Crippen LogP contribution in [0.3, 0.4) is 0 Å². The Morgan fingerprint density at radius 1 is 1.40 bits per heavy atom. The fraction of sp³-hybridized carbons (Fsp3) is 0.300. The predicted molar refractivity (Wildman–Crippen MR) is 60.7 cm³/mol. The molecule has 1 aromatic heterocycles. The number of carbonyl (C=O) groups excluding carboxylic acids is 1. The summed E-state index contributed by atoms with van der Waals surface area (Å²) in [6.07, 6.45) is 3.36. The van der Waals surface area contributed by atoms with Crippen molar-refractivity contribution in [2.45, 2.75) is 19.4 Å². The third-order valence-corrected chi connectivity index (χ3v) is 2.59. The average molecular weight is 268 g/mol. The van der Waals surface area contributed by atoms with Crippen molar-refractivity contribution >= 4 is 27.7 Å². The number of rotatable bonds is 1. The number of amides is 1. The van der Waals surface area contributed by atoms with Crippen LogP contribution in [0, 0.1) is 0 Å². The largest absolute Gasteiger partial charge is 0.308 e. The van der Waals surface area contributed by atoms with E-state index in [0.717, 1.165) is 10.0 Å². The summed E-state index contributed by atoms with van der Waals surface area (Å²) in [7, 11) is 0. The van der Waals surface area contributed by atoms with Crippen LogP contribution in [0.1, 0.15) is 19.4 Å². The summed E-state index contributed by atoms with van der Waals surface area (Å²) >= 11 is 3.32. The van der Waals surface area contributed by atoms with Crippen molar-refractivity contribution in [2.75, 3.05) is 0 Å². The van der Waals surface area contributed by atoms with Gasteiger partial charge >= 0.3 is 0 Å². The van der Waals surface area contributed by atoms with Crippen LogP contribution < -0.4 is 5.32 Å². The van der Waals surface area contributed by atoms with E-state index in [-0.39, 0.29) is 5.91 Å². The van der Waals surface area contributed by atoms with Gasteiger partial charge in [0.25, 0.3) is 5.91 Å². The Labute approximate surface area is 95.9 Å². The van der Waals surface area contributed by atoms with Crippen molar-refractivity contribution in [2.24, 2.45) is 4.99 Å². The summed E-state index contributed by atoms with van der Waals surface area (Å²) in [6.45, 7) is 3.56. The summed E-state index contributed by atoms with van der Waals surface area (Å²) in [5, 5.41) is 2.74. The third-order valence-electron chi connectivity index (χ3n) is 2.16. The van der Waals surface area contributed by atoms with E-state index in [1.165, 1.54) is 0 Å². The number of hydrogen-bond acceptors (Lipinski definition) is 3. The Morgan fingerprint density at radius 2 is 2.13 bits per heavy atom. The Morgan fingerprint density at radius 3 is 2.67 bits per heavy atom. The van der Waals surface area contributed by atoms with Gasteiger partial charge in [-0.05, 0) is 35.8 Å². The first-order valence-corrected chi connectivity index (χ1v) is 5.30. The van der Waals surface area contributed by atoms with Crippen molar-refractivity contribution in [1.29, 1.82) is 0 Å². The Kier molecular flexibility index (Phi) is 2.34. The fourth-order valence-electron chi connectivity index (χ4n) is 1.30. The van der Waals surface area contributed by atoms with Crippen LogP contribution in [0.4, 0.5) is 0 Å². The fourth-order valence-corrected chi connectivity index (χ4v) is 1.66. The lowest BCUT2D eigenvalue weighted by atomic mass is 10.1. The molecule has 2 rings (SSSR count). The van der Waals surface area contributed by atoms with Gasteiger partial charge in [0.2, 0.25) is 0 Å². The van der Waals surface area contributed by atoms with Gasteiger partial charge < -0.3 is 5.32 Å². The van der Waals surface area contributed by atoms with Gasteiger partial charge in [-0.2, -0.15) is 0 Å². The maximum absolute atomic E-state index is 11.5. The van der Waals surface area contributed by atoms with Crippen LogP contribution in [0.25, 0.3) is 0 Å². The normalized spacial score (nSPS) is 18.6. The quantitative estimate of drug-likeness (QED) is 0.839. The highest BCUT2D eigenvalue weighted by Crippen LogP contribution is 2.18. The monoisotopic (exact) mass is 267 g/mol. The molecule has 1 aliphatic heterocycles. The first kappa shape index (κ1) is 10.3. The lowest BCUT2D eigenvalue weighted by molar-refractivity contribution is -0.122. The van der Waals surface area contributed by atoms with Crippen LogP contribution in [0.15, 0.2) is 27.9 Å². The van der Waals surface area contributed by atoms with E-state index >= 15 is 0 Å². The minimum atomic E-state index is -0.683. The smallest absolute Gasteiger partial charge is 0.252 e. The standard InChI is InChI=1S/C10H10BrN3O/c1-10(2)9(15)13-8(14-10)6-3-7(11)5-12-4-6/h3-5H,1-2H3,(H,13,14,15). The molecule has 15 heavy (non-hydrogen) atoms. The molecule has 0 radical (unpaired) electrons. The zero-order chi connectivity index (χ0) is 11.1. The highest BCUT2D eigenvalue weighted by atomic mass is 79.9. The molecule has 0 spiro atoms. The van der Waals surface area contributed by atoms with E-state index < -0.39 is 5.54 Å².